The molecule has 0 saturated carbocycles. The lowest BCUT2D eigenvalue weighted by molar-refractivity contribution is 0.101. The number of anilines is 1. The van der Waals surface area contributed by atoms with Gasteiger partial charge >= 0.3 is 0 Å². The molecule has 0 unspecified atom stereocenters. The van der Waals surface area contributed by atoms with Gasteiger partial charge in [-0.15, -0.1) is 0 Å². The van der Waals surface area contributed by atoms with Gasteiger partial charge in [0.1, 0.15) is 28.8 Å². The summed E-state index contributed by atoms with van der Waals surface area (Å²) in [4.78, 5) is 20.6. The Kier molecular flexibility index (Phi) is 5.66. The Morgan fingerprint density at radius 1 is 0.935 bits per heavy atom. The first-order chi connectivity index (χ1) is 15.0. The number of pyridine rings is 2. The van der Waals surface area contributed by atoms with Crippen LogP contribution in [-0.4, -0.2) is 15.9 Å². The van der Waals surface area contributed by atoms with Gasteiger partial charge in [-0.2, -0.15) is 0 Å². The lowest BCUT2D eigenvalue weighted by Crippen LogP contribution is -2.16. The normalized spacial score (nSPS) is 10.5. The highest BCUT2D eigenvalue weighted by molar-refractivity contribution is 6.04. The Bertz CT molecular complexity index is 1210. The zero-order valence-electron chi connectivity index (χ0n) is 16.5. The summed E-state index contributed by atoms with van der Waals surface area (Å²) >= 11 is 0. The number of carbonyl (C=O) groups excluding carboxylic acids is 1. The van der Waals surface area contributed by atoms with E-state index >= 15 is 0 Å². The summed E-state index contributed by atoms with van der Waals surface area (Å²) in [6, 6.07) is 17.6. The Morgan fingerprint density at radius 2 is 1.74 bits per heavy atom. The fraction of sp³-hybridized carbons (Fsp3) is 0.0417. The number of hydrogen-bond acceptors (Lipinski definition) is 4. The predicted molar refractivity (Wildman–Crippen MR) is 113 cm³/mol. The van der Waals surface area contributed by atoms with Crippen LogP contribution in [0.1, 0.15) is 15.9 Å². The maximum atomic E-state index is 13.8. The van der Waals surface area contributed by atoms with Crippen LogP contribution < -0.4 is 10.1 Å². The highest BCUT2D eigenvalue weighted by Gasteiger charge is 2.17. The van der Waals surface area contributed by atoms with Gasteiger partial charge in [0.25, 0.3) is 5.91 Å². The molecular formula is C24H17F2N3O2. The third-order valence-electron chi connectivity index (χ3n) is 4.58. The van der Waals surface area contributed by atoms with Gasteiger partial charge in [0, 0.05) is 24.0 Å². The summed E-state index contributed by atoms with van der Waals surface area (Å²) in [6.07, 6.45) is 3.22. The number of aryl methyl sites for hydroxylation is 1. The molecule has 0 spiro atoms. The molecule has 4 rings (SSSR count). The van der Waals surface area contributed by atoms with Gasteiger partial charge < -0.3 is 10.1 Å². The monoisotopic (exact) mass is 417 g/mol. The average molecular weight is 417 g/mol. The maximum absolute atomic E-state index is 13.8. The molecule has 2 heterocycles. The molecule has 2 aromatic carbocycles. The molecule has 2 aromatic heterocycles. The van der Waals surface area contributed by atoms with Crippen molar-refractivity contribution in [2.75, 3.05) is 5.32 Å². The van der Waals surface area contributed by atoms with E-state index in [1.165, 1.54) is 6.07 Å². The van der Waals surface area contributed by atoms with E-state index in [1.54, 1.807) is 36.7 Å². The van der Waals surface area contributed by atoms with Crippen molar-refractivity contribution in [2.45, 2.75) is 6.92 Å². The van der Waals surface area contributed by atoms with Gasteiger partial charge in [-0.25, -0.2) is 18.7 Å². The fourth-order valence-corrected chi connectivity index (χ4v) is 3.02. The van der Waals surface area contributed by atoms with E-state index in [0.717, 1.165) is 28.8 Å². The topological polar surface area (TPSA) is 64.1 Å². The van der Waals surface area contributed by atoms with Crippen LogP contribution in [0.4, 0.5) is 14.6 Å². The van der Waals surface area contributed by atoms with Crippen LogP contribution in [0, 0.1) is 18.6 Å². The molecule has 154 valence electrons. The lowest BCUT2D eigenvalue weighted by Gasteiger charge is -2.11. The Hall–Kier alpha value is -4.13. The lowest BCUT2D eigenvalue weighted by atomic mass is 10.0. The van der Waals surface area contributed by atoms with Gasteiger partial charge in [-0.3, -0.25) is 4.79 Å². The molecular weight excluding hydrogens is 400 g/mol. The number of halogens is 2. The van der Waals surface area contributed by atoms with Crippen molar-refractivity contribution < 1.29 is 18.3 Å². The molecule has 0 atom stereocenters. The van der Waals surface area contributed by atoms with Crippen molar-refractivity contribution in [1.29, 1.82) is 0 Å². The molecule has 31 heavy (non-hydrogen) atoms. The van der Waals surface area contributed by atoms with E-state index in [-0.39, 0.29) is 5.82 Å². The van der Waals surface area contributed by atoms with Crippen LogP contribution in [0.3, 0.4) is 0 Å². The second-order valence-corrected chi connectivity index (χ2v) is 6.73. The number of benzene rings is 2. The first-order valence-electron chi connectivity index (χ1n) is 9.42. The third-order valence-corrected chi connectivity index (χ3v) is 4.58. The summed E-state index contributed by atoms with van der Waals surface area (Å²) < 4.78 is 33.4. The number of nitrogens with one attached hydrogen (secondary N) is 1. The summed E-state index contributed by atoms with van der Waals surface area (Å²) in [5.74, 6) is -1.50. The second-order valence-electron chi connectivity index (χ2n) is 6.73. The number of hydrogen-bond donors (Lipinski definition) is 1. The van der Waals surface area contributed by atoms with Crippen molar-refractivity contribution in [3.05, 3.63) is 102 Å². The summed E-state index contributed by atoms with van der Waals surface area (Å²) in [5, 5.41) is 2.41. The molecule has 0 fully saturated rings. The zero-order chi connectivity index (χ0) is 21.8. The largest absolute Gasteiger partial charge is 0.439 e. The average Bonchev–Trinajstić information content (AvgIpc) is 2.76. The van der Waals surface area contributed by atoms with Crippen molar-refractivity contribution in [3.8, 4) is 22.8 Å². The highest BCUT2D eigenvalue weighted by Crippen LogP contribution is 2.30. The van der Waals surface area contributed by atoms with E-state index in [2.05, 4.69) is 15.3 Å². The van der Waals surface area contributed by atoms with Gasteiger partial charge in [0.15, 0.2) is 0 Å². The first kappa shape index (κ1) is 20.2. The van der Waals surface area contributed by atoms with Crippen LogP contribution >= 0.6 is 0 Å². The van der Waals surface area contributed by atoms with Gasteiger partial charge in [-0.05, 0) is 60.5 Å². The van der Waals surface area contributed by atoms with E-state index in [9.17, 15) is 13.6 Å². The summed E-state index contributed by atoms with van der Waals surface area (Å²) in [6.45, 7) is 1.95. The minimum absolute atomic E-state index is 0.176. The van der Waals surface area contributed by atoms with Crippen molar-refractivity contribution in [3.63, 3.8) is 0 Å². The fourth-order valence-electron chi connectivity index (χ4n) is 3.02. The SMILES string of the molecule is Cc1ccc(Oc2ccccn2)cc1-c1ccc(NC(=O)c2c(F)cccc2F)nc1. The summed E-state index contributed by atoms with van der Waals surface area (Å²) in [5.41, 5.74) is 2.03. The second kappa shape index (κ2) is 8.71. The molecule has 0 radical (unpaired) electrons. The zero-order valence-corrected chi connectivity index (χ0v) is 16.5. The van der Waals surface area contributed by atoms with E-state index < -0.39 is 23.1 Å². The molecule has 4 aromatic rings. The van der Waals surface area contributed by atoms with Crippen LogP contribution in [0.5, 0.6) is 11.6 Å². The van der Waals surface area contributed by atoms with Crippen LogP contribution in [0.15, 0.2) is 79.1 Å². The van der Waals surface area contributed by atoms with Crippen LogP contribution in [-0.2, 0) is 0 Å². The van der Waals surface area contributed by atoms with E-state index in [4.69, 9.17) is 4.74 Å². The summed E-state index contributed by atoms with van der Waals surface area (Å²) in [7, 11) is 0. The van der Waals surface area contributed by atoms with Crippen molar-refractivity contribution in [2.24, 2.45) is 0 Å². The van der Waals surface area contributed by atoms with Crippen LogP contribution in [0.2, 0.25) is 0 Å². The Labute approximate surface area is 177 Å². The van der Waals surface area contributed by atoms with Gasteiger partial charge in [-0.1, -0.05) is 18.2 Å². The number of nitrogens with zero attached hydrogens (tertiary/aromatic N) is 2. The minimum Gasteiger partial charge on any atom is -0.439 e. The molecule has 0 saturated heterocycles. The van der Waals surface area contributed by atoms with Crippen molar-refractivity contribution in [1.82, 2.24) is 9.97 Å². The maximum Gasteiger partial charge on any atom is 0.262 e. The number of amides is 1. The van der Waals surface area contributed by atoms with E-state index in [1.807, 2.05) is 31.2 Å². The molecule has 1 amide bonds. The van der Waals surface area contributed by atoms with E-state index in [0.29, 0.717) is 11.6 Å². The molecule has 0 bridgehead atoms. The molecule has 5 nitrogen and oxygen atoms in total. The quantitative estimate of drug-likeness (QED) is 0.447. The third kappa shape index (κ3) is 4.56. The standard InChI is InChI=1S/C24H17F2N3O2/c1-15-8-10-17(31-22-7-2-3-12-27-22)13-18(15)16-9-11-21(28-14-16)29-24(30)23-19(25)5-4-6-20(23)26/h2-14H,1H3,(H,28,29,30). The van der Waals surface area contributed by atoms with Gasteiger partial charge in [0.2, 0.25) is 5.88 Å². The highest BCUT2D eigenvalue weighted by atomic mass is 19.1. The molecule has 0 aliphatic rings. The first-order valence-corrected chi connectivity index (χ1v) is 9.42. The minimum atomic E-state index is -0.936. The van der Waals surface area contributed by atoms with Gasteiger partial charge in [0.05, 0.1) is 0 Å². The Morgan fingerprint density at radius 3 is 2.42 bits per heavy atom. The smallest absolute Gasteiger partial charge is 0.262 e. The molecule has 0 aliphatic carbocycles. The molecule has 1 N–H and O–H groups in total. The number of rotatable bonds is 5. The van der Waals surface area contributed by atoms with Crippen LogP contribution in [0.25, 0.3) is 11.1 Å². The number of ether oxygens (including phenoxy) is 1. The predicted octanol–water partition coefficient (Wildman–Crippen LogP) is 5.77. The Balaban J connectivity index is 1.54. The molecule has 7 heteroatoms. The number of carbonyl (C=O) groups is 1. The molecule has 0 aliphatic heterocycles. The number of aromatic nitrogens is 2. The van der Waals surface area contributed by atoms with Crippen molar-refractivity contribution >= 4 is 11.7 Å².